The fraction of sp³-hybridized carbons (Fsp3) is 0.133. The van der Waals surface area contributed by atoms with Crippen LogP contribution in [-0.2, 0) is 0 Å². The third-order valence-corrected chi connectivity index (χ3v) is 3.28. The highest BCUT2D eigenvalue weighted by atomic mass is 35.5. The minimum Gasteiger partial charge on any atom is -0.346 e. The summed E-state index contributed by atoms with van der Waals surface area (Å²) in [7, 11) is 0. The molecule has 1 amide bonds. The van der Waals surface area contributed by atoms with Crippen molar-refractivity contribution in [3.05, 3.63) is 69.5 Å². The van der Waals surface area contributed by atoms with Crippen LogP contribution in [0.5, 0.6) is 0 Å². The molecule has 0 aliphatic rings. The zero-order chi connectivity index (χ0) is 14.7. The minimum atomic E-state index is -0.311. The Morgan fingerprint density at radius 3 is 2.20 bits per heavy atom. The number of nitrogens with one attached hydrogen (secondary N) is 1. The van der Waals surface area contributed by atoms with Crippen molar-refractivity contribution < 1.29 is 9.18 Å². The van der Waals surface area contributed by atoms with E-state index in [1.165, 1.54) is 12.1 Å². The van der Waals surface area contributed by atoms with Gasteiger partial charge in [-0.2, -0.15) is 0 Å². The van der Waals surface area contributed by atoms with Gasteiger partial charge < -0.3 is 5.32 Å². The maximum atomic E-state index is 12.8. The van der Waals surface area contributed by atoms with Gasteiger partial charge in [0.25, 0.3) is 5.91 Å². The zero-order valence-electron chi connectivity index (χ0n) is 10.7. The fourth-order valence-electron chi connectivity index (χ4n) is 1.80. The van der Waals surface area contributed by atoms with E-state index >= 15 is 0 Å². The van der Waals surface area contributed by atoms with Crippen LogP contribution in [-0.4, -0.2) is 5.91 Å². The average Bonchev–Trinajstić information content (AvgIpc) is 2.38. The molecule has 0 aliphatic carbocycles. The Morgan fingerprint density at radius 2 is 1.65 bits per heavy atom. The van der Waals surface area contributed by atoms with E-state index in [9.17, 15) is 9.18 Å². The van der Waals surface area contributed by atoms with Gasteiger partial charge in [-0.05, 0) is 42.8 Å². The molecule has 2 nitrogen and oxygen atoms in total. The molecule has 20 heavy (non-hydrogen) atoms. The van der Waals surface area contributed by atoms with Crippen LogP contribution in [0.25, 0.3) is 0 Å². The van der Waals surface area contributed by atoms with Crippen LogP contribution in [0.2, 0.25) is 10.0 Å². The second-order valence-electron chi connectivity index (χ2n) is 4.40. The van der Waals surface area contributed by atoms with Gasteiger partial charge in [0, 0.05) is 15.6 Å². The van der Waals surface area contributed by atoms with Gasteiger partial charge in [-0.3, -0.25) is 4.79 Å². The molecule has 2 rings (SSSR count). The minimum absolute atomic E-state index is 0.249. The maximum absolute atomic E-state index is 12.8. The second-order valence-corrected chi connectivity index (χ2v) is 5.28. The molecule has 0 radical (unpaired) electrons. The summed E-state index contributed by atoms with van der Waals surface area (Å²) < 4.78 is 12.8. The normalized spacial score (nSPS) is 12.0. The van der Waals surface area contributed by atoms with Crippen LogP contribution in [0.1, 0.15) is 28.9 Å². The molecule has 0 bridgehead atoms. The summed E-state index contributed by atoms with van der Waals surface area (Å²) in [5, 5.41) is 3.61. The lowest BCUT2D eigenvalue weighted by Crippen LogP contribution is -2.26. The molecule has 1 atom stereocenters. The Labute approximate surface area is 126 Å². The van der Waals surface area contributed by atoms with Crippen LogP contribution in [0, 0.1) is 5.82 Å². The third kappa shape index (κ3) is 3.71. The molecule has 0 saturated carbocycles. The van der Waals surface area contributed by atoms with Gasteiger partial charge in [0.15, 0.2) is 0 Å². The molecule has 0 aromatic heterocycles. The molecule has 2 aromatic carbocycles. The predicted molar refractivity (Wildman–Crippen MR) is 78.7 cm³/mol. The van der Waals surface area contributed by atoms with Gasteiger partial charge in [-0.15, -0.1) is 0 Å². The summed E-state index contributed by atoms with van der Waals surface area (Å²) in [6, 6.07) is 10.4. The Balaban J connectivity index is 2.12. The highest BCUT2D eigenvalue weighted by Gasteiger charge is 2.12. The summed E-state index contributed by atoms with van der Waals surface area (Å²) in [4.78, 5) is 12.1. The second kappa shape index (κ2) is 6.25. The molecular formula is C15H12Cl2FNO. The number of amides is 1. The Bertz CT molecular complexity index is 608. The van der Waals surface area contributed by atoms with E-state index in [0.29, 0.717) is 15.6 Å². The van der Waals surface area contributed by atoms with Crippen molar-refractivity contribution in [1.82, 2.24) is 5.32 Å². The van der Waals surface area contributed by atoms with Gasteiger partial charge in [-0.25, -0.2) is 4.39 Å². The van der Waals surface area contributed by atoms with E-state index in [-0.39, 0.29) is 17.8 Å². The molecule has 1 N–H and O–H groups in total. The number of carbonyl (C=O) groups excluding carboxylic acids is 1. The van der Waals surface area contributed by atoms with Gasteiger partial charge in [0.2, 0.25) is 0 Å². The monoisotopic (exact) mass is 311 g/mol. The molecule has 0 saturated heterocycles. The molecule has 2 aromatic rings. The zero-order valence-corrected chi connectivity index (χ0v) is 12.2. The number of carbonyl (C=O) groups is 1. The first-order valence-electron chi connectivity index (χ1n) is 5.98. The van der Waals surface area contributed by atoms with Crippen molar-refractivity contribution in [3.63, 3.8) is 0 Å². The fourth-order valence-corrected chi connectivity index (χ4v) is 2.33. The van der Waals surface area contributed by atoms with E-state index in [0.717, 1.165) is 5.56 Å². The van der Waals surface area contributed by atoms with Crippen molar-refractivity contribution in [1.29, 1.82) is 0 Å². The Kier molecular flexibility index (Phi) is 4.63. The van der Waals surface area contributed by atoms with Crippen molar-refractivity contribution >= 4 is 29.1 Å². The van der Waals surface area contributed by atoms with Crippen LogP contribution >= 0.6 is 23.2 Å². The maximum Gasteiger partial charge on any atom is 0.251 e. The molecule has 0 fully saturated rings. The molecule has 0 heterocycles. The Morgan fingerprint density at radius 1 is 1.10 bits per heavy atom. The summed E-state index contributed by atoms with van der Waals surface area (Å²) >= 11 is 11.7. The molecule has 5 heteroatoms. The third-order valence-electron chi connectivity index (χ3n) is 2.84. The summed E-state index contributed by atoms with van der Waals surface area (Å²) in [6.45, 7) is 1.82. The number of rotatable bonds is 3. The van der Waals surface area contributed by atoms with E-state index in [4.69, 9.17) is 23.2 Å². The first kappa shape index (κ1) is 14.8. The standard InChI is InChI=1S/C15H12Cl2FNO/c1-9(10-2-4-14(18)5-3-10)19-15(20)11-6-12(16)8-13(17)7-11/h2-9H,1H3,(H,19,20)/t9-/m1/s1. The summed E-state index contributed by atoms with van der Waals surface area (Å²) in [5.41, 5.74) is 1.20. The first-order valence-corrected chi connectivity index (χ1v) is 6.74. The van der Waals surface area contributed by atoms with Crippen LogP contribution in [0.3, 0.4) is 0 Å². The van der Waals surface area contributed by atoms with E-state index in [1.54, 1.807) is 30.3 Å². The lowest BCUT2D eigenvalue weighted by atomic mass is 10.1. The molecular weight excluding hydrogens is 300 g/mol. The van der Waals surface area contributed by atoms with Gasteiger partial charge >= 0.3 is 0 Å². The number of benzene rings is 2. The summed E-state index contributed by atoms with van der Waals surface area (Å²) in [6.07, 6.45) is 0. The van der Waals surface area contributed by atoms with Gasteiger partial charge in [0.1, 0.15) is 5.82 Å². The SMILES string of the molecule is C[C@@H](NC(=O)c1cc(Cl)cc(Cl)c1)c1ccc(F)cc1. The first-order chi connectivity index (χ1) is 9.45. The van der Waals surface area contributed by atoms with Crippen molar-refractivity contribution in [2.45, 2.75) is 13.0 Å². The quantitative estimate of drug-likeness (QED) is 0.880. The molecule has 104 valence electrons. The highest BCUT2D eigenvalue weighted by molar-refractivity contribution is 6.35. The molecule has 0 spiro atoms. The van der Waals surface area contributed by atoms with E-state index in [2.05, 4.69) is 5.32 Å². The lowest BCUT2D eigenvalue weighted by molar-refractivity contribution is 0.0940. The largest absolute Gasteiger partial charge is 0.346 e. The van der Waals surface area contributed by atoms with E-state index < -0.39 is 0 Å². The number of hydrogen-bond donors (Lipinski definition) is 1. The smallest absolute Gasteiger partial charge is 0.251 e. The topological polar surface area (TPSA) is 29.1 Å². The van der Waals surface area contributed by atoms with Crippen LogP contribution in [0.4, 0.5) is 4.39 Å². The average molecular weight is 312 g/mol. The Hall–Kier alpha value is -1.58. The van der Waals surface area contributed by atoms with Crippen molar-refractivity contribution in [3.8, 4) is 0 Å². The van der Waals surface area contributed by atoms with Crippen LogP contribution in [0.15, 0.2) is 42.5 Å². The molecule has 0 aliphatic heterocycles. The number of halogens is 3. The lowest BCUT2D eigenvalue weighted by Gasteiger charge is -2.14. The number of hydrogen-bond acceptors (Lipinski definition) is 1. The van der Waals surface area contributed by atoms with Crippen molar-refractivity contribution in [2.24, 2.45) is 0 Å². The summed E-state index contributed by atoms with van der Waals surface area (Å²) in [5.74, 6) is -0.597. The van der Waals surface area contributed by atoms with Gasteiger partial charge in [-0.1, -0.05) is 35.3 Å². The van der Waals surface area contributed by atoms with Gasteiger partial charge in [0.05, 0.1) is 6.04 Å². The molecule has 0 unspecified atom stereocenters. The van der Waals surface area contributed by atoms with Crippen LogP contribution < -0.4 is 5.32 Å². The highest BCUT2D eigenvalue weighted by Crippen LogP contribution is 2.20. The van der Waals surface area contributed by atoms with E-state index in [1.807, 2.05) is 6.92 Å². The van der Waals surface area contributed by atoms with Crippen molar-refractivity contribution in [2.75, 3.05) is 0 Å². The predicted octanol–water partition coefficient (Wildman–Crippen LogP) is 4.62.